The highest BCUT2D eigenvalue weighted by Gasteiger charge is 2.19. The Morgan fingerprint density at radius 2 is 1.04 bits per heavy atom. The van der Waals surface area contributed by atoms with E-state index >= 15 is 0 Å². The number of benzene rings is 7. The Morgan fingerprint density at radius 1 is 0.417 bits per heavy atom. The minimum atomic E-state index is 0.916. The molecule has 0 spiro atoms. The fourth-order valence-corrected chi connectivity index (χ4v) is 7.26. The van der Waals surface area contributed by atoms with Gasteiger partial charge in [0.1, 0.15) is 11.2 Å². The van der Waals surface area contributed by atoms with Gasteiger partial charge in [-0.2, -0.15) is 0 Å². The molecule has 0 fully saturated rings. The molecule has 0 N–H and O–H groups in total. The number of pyridine rings is 1. The van der Waals surface area contributed by atoms with Gasteiger partial charge >= 0.3 is 0 Å². The molecule has 10 rings (SSSR count). The molecule has 0 atom stereocenters. The minimum absolute atomic E-state index is 0.916. The van der Waals surface area contributed by atoms with Gasteiger partial charge in [-0.15, -0.1) is 0 Å². The number of para-hydroxylation sites is 1. The van der Waals surface area contributed by atoms with Crippen LogP contribution < -0.4 is 0 Å². The lowest BCUT2D eigenvalue weighted by Gasteiger charge is -2.12. The van der Waals surface area contributed by atoms with Crippen molar-refractivity contribution < 1.29 is 4.42 Å². The van der Waals surface area contributed by atoms with Gasteiger partial charge < -0.3 is 8.98 Å². The van der Waals surface area contributed by atoms with Crippen LogP contribution in [0.5, 0.6) is 0 Å². The molecule has 3 heteroatoms. The fourth-order valence-electron chi connectivity index (χ4n) is 7.26. The van der Waals surface area contributed by atoms with E-state index in [9.17, 15) is 0 Å². The zero-order valence-corrected chi connectivity index (χ0v) is 26.0. The third kappa shape index (κ3) is 4.18. The molecule has 224 valence electrons. The van der Waals surface area contributed by atoms with Crippen LogP contribution in [0.1, 0.15) is 0 Å². The standard InChI is InChI=1S/C45H28N2O/c1-3-11-30(12-4-1)39-26-34(27-40(46-39)31-13-5-2-6-14-31)29-19-21-35(22-20-29)47-41-18-10-9-17-37(41)44-42(47)24-23-36-38-25-32-15-7-8-16-33(32)28-43(38)48-45(36)44/h1-28H. The van der Waals surface area contributed by atoms with E-state index in [-0.39, 0.29) is 0 Å². The second kappa shape index (κ2) is 10.5. The second-order valence-corrected chi connectivity index (χ2v) is 12.4. The number of nitrogens with zero attached hydrogens (tertiary/aromatic N) is 2. The Balaban J connectivity index is 1.14. The zero-order valence-electron chi connectivity index (χ0n) is 26.0. The second-order valence-electron chi connectivity index (χ2n) is 12.4. The predicted molar refractivity (Wildman–Crippen MR) is 200 cm³/mol. The SMILES string of the molecule is c1ccc(-c2cc(-c3ccc(-n4c5ccccc5c5c6oc7cc8ccccc8cc7c6ccc54)cc3)cc(-c3ccccc3)n2)cc1. The Labute approximate surface area is 277 Å². The highest BCUT2D eigenvalue weighted by atomic mass is 16.3. The van der Waals surface area contributed by atoms with Crippen LogP contribution in [0.3, 0.4) is 0 Å². The first-order valence-electron chi connectivity index (χ1n) is 16.3. The topological polar surface area (TPSA) is 31.0 Å². The predicted octanol–water partition coefficient (Wildman–Crippen LogP) is 12.2. The normalized spacial score (nSPS) is 11.8. The molecule has 0 bridgehead atoms. The van der Waals surface area contributed by atoms with Gasteiger partial charge in [0.05, 0.1) is 27.8 Å². The number of rotatable bonds is 4. The van der Waals surface area contributed by atoms with Gasteiger partial charge in [-0.25, -0.2) is 4.98 Å². The van der Waals surface area contributed by atoms with Gasteiger partial charge in [0, 0.05) is 33.0 Å². The van der Waals surface area contributed by atoms with Gasteiger partial charge in [0.15, 0.2) is 0 Å². The summed E-state index contributed by atoms with van der Waals surface area (Å²) in [6.45, 7) is 0. The summed E-state index contributed by atoms with van der Waals surface area (Å²) in [7, 11) is 0. The molecule has 0 aliphatic heterocycles. The van der Waals surface area contributed by atoms with Crippen molar-refractivity contribution in [3.63, 3.8) is 0 Å². The average molecular weight is 613 g/mol. The van der Waals surface area contributed by atoms with Crippen molar-refractivity contribution in [2.45, 2.75) is 0 Å². The van der Waals surface area contributed by atoms with Crippen molar-refractivity contribution in [2.24, 2.45) is 0 Å². The van der Waals surface area contributed by atoms with E-state index < -0.39 is 0 Å². The number of hydrogen-bond acceptors (Lipinski definition) is 2. The van der Waals surface area contributed by atoms with Crippen molar-refractivity contribution in [1.82, 2.24) is 9.55 Å². The molecule has 0 aliphatic rings. The lowest BCUT2D eigenvalue weighted by molar-refractivity contribution is 0.673. The largest absolute Gasteiger partial charge is 0.455 e. The smallest absolute Gasteiger partial charge is 0.145 e. The summed E-state index contributed by atoms with van der Waals surface area (Å²) >= 11 is 0. The molecule has 7 aromatic carbocycles. The molecule has 0 saturated carbocycles. The molecular formula is C45H28N2O. The van der Waals surface area contributed by atoms with Crippen LogP contribution in [0.25, 0.3) is 93.8 Å². The molecule has 10 aromatic rings. The van der Waals surface area contributed by atoms with Crippen molar-refractivity contribution in [1.29, 1.82) is 0 Å². The molecule has 3 nitrogen and oxygen atoms in total. The maximum atomic E-state index is 6.68. The molecule has 0 saturated heterocycles. The van der Waals surface area contributed by atoms with Crippen LogP contribution >= 0.6 is 0 Å². The Bertz CT molecular complexity index is 2750. The van der Waals surface area contributed by atoms with Gasteiger partial charge in [0.25, 0.3) is 0 Å². The minimum Gasteiger partial charge on any atom is -0.455 e. The Hall–Kier alpha value is -6.45. The third-order valence-electron chi connectivity index (χ3n) is 9.56. The van der Waals surface area contributed by atoms with E-state index in [4.69, 9.17) is 9.40 Å². The van der Waals surface area contributed by atoms with Gasteiger partial charge in [-0.1, -0.05) is 115 Å². The summed E-state index contributed by atoms with van der Waals surface area (Å²) in [5.74, 6) is 0. The summed E-state index contributed by atoms with van der Waals surface area (Å²) in [5.41, 5.74) is 11.6. The van der Waals surface area contributed by atoms with Crippen molar-refractivity contribution in [3.8, 4) is 39.3 Å². The average Bonchev–Trinajstić information content (AvgIpc) is 3.69. The first-order chi connectivity index (χ1) is 23.8. The summed E-state index contributed by atoms with van der Waals surface area (Å²) in [6, 6.07) is 60.1. The quantitative estimate of drug-likeness (QED) is 0.198. The van der Waals surface area contributed by atoms with Crippen molar-refractivity contribution in [2.75, 3.05) is 0 Å². The summed E-state index contributed by atoms with van der Waals surface area (Å²) in [4.78, 5) is 5.07. The molecule has 0 aliphatic carbocycles. The van der Waals surface area contributed by atoms with Crippen LogP contribution in [-0.4, -0.2) is 9.55 Å². The fraction of sp³-hybridized carbons (Fsp3) is 0. The van der Waals surface area contributed by atoms with E-state index in [1.807, 2.05) is 12.1 Å². The van der Waals surface area contributed by atoms with Gasteiger partial charge in [-0.3, -0.25) is 0 Å². The molecule has 0 radical (unpaired) electrons. The summed E-state index contributed by atoms with van der Waals surface area (Å²) in [6.07, 6.45) is 0. The van der Waals surface area contributed by atoms with Crippen LogP contribution in [0.4, 0.5) is 0 Å². The summed E-state index contributed by atoms with van der Waals surface area (Å²) in [5, 5.41) is 7.01. The molecule has 3 aromatic heterocycles. The third-order valence-corrected chi connectivity index (χ3v) is 9.56. The van der Waals surface area contributed by atoms with E-state index in [1.165, 1.54) is 16.2 Å². The summed E-state index contributed by atoms with van der Waals surface area (Å²) < 4.78 is 9.04. The number of hydrogen-bond donors (Lipinski definition) is 0. The zero-order chi connectivity index (χ0) is 31.6. The van der Waals surface area contributed by atoms with E-state index in [0.29, 0.717) is 0 Å². The van der Waals surface area contributed by atoms with E-state index in [2.05, 4.69) is 162 Å². The van der Waals surface area contributed by atoms with Crippen LogP contribution in [0, 0.1) is 0 Å². The van der Waals surface area contributed by atoms with Crippen LogP contribution in [-0.2, 0) is 0 Å². The molecule has 0 amide bonds. The van der Waals surface area contributed by atoms with Gasteiger partial charge in [0.2, 0.25) is 0 Å². The van der Waals surface area contributed by atoms with Crippen LogP contribution in [0.15, 0.2) is 174 Å². The Kier molecular flexibility index (Phi) is 5.87. The highest BCUT2D eigenvalue weighted by molar-refractivity contribution is 6.24. The highest BCUT2D eigenvalue weighted by Crippen LogP contribution is 2.41. The van der Waals surface area contributed by atoms with Crippen LogP contribution in [0.2, 0.25) is 0 Å². The van der Waals surface area contributed by atoms with Crippen molar-refractivity contribution in [3.05, 3.63) is 170 Å². The maximum absolute atomic E-state index is 6.68. The van der Waals surface area contributed by atoms with Crippen molar-refractivity contribution >= 4 is 54.5 Å². The monoisotopic (exact) mass is 612 g/mol. The number of aromatic nitrogens is 2. The first-order valence-corrected chi connectivity index (χ1v) is 16.3. The molecule has 48 heavy (non-hydrogen) atoms. The molecular weight excluding hydrogens is 585 g/mol. The number of fused-ring (bicyclic) bond motifs is 8. The van der Waals surface area contributed by atoms with Gasteiger partial charge in [-0.05, 0) is 76.5 Å². The lowest BCUT2D eigenvalue weighted by Crippen LogP contribution is -1.94. The molecule has 3 heterocycles. The van der Waals surface area contributed by atoms with E-state index in [0.717, 1.165) is 77.7 Å². The number of furan rings is 1. The molecule has 0 unspecified atom stereocenters. The van der Waals surface area contributed by atoms with E-state index in [1.54, 1.807) is 0 Å². The lowest BCUT2D eigenvalue weighted by atomic mass is 10.00. The Morgan fingerprint density at radius 3 is 1.75 bits per heavy atom. The maximum Gasteiger partial charge on any atom is 0.145 e. The first kappa shape index (κ1) is 26.7.